The van der Waals surface area contributed by atoms with Crippen molar-refractivity contribution in [2.45, 2.75) is 0 Å². The Morgan fingerprint density at radius 1 is 1.32 bits per heavy atom. The predicted molar refractivity (Wildman–Crippen MR) is 70.3 cm³/mol. The maximum atomic E-state index is 9.28. The number of anilines is 1. The van der Waals surface area contributed by atoms with Gasteiger partial charge in [0.1, 0.15) is 23.1 Å². The highest BCUT2D eigenvalue weighted by Crippen LogP contribution is 2.35. The Labute approximate surface area is 114 Å². The van der Waals surface area contributed by atoms with Crippen molar-refractivity contribution in [2.24, 2.45) is 0 Å². The lowest BCUT2D eigenvalue weighted by atomic mass is 10.2. The smallest absolute Gasteiger partial charge is 0.218 e. The van der Waals surface area contributed by atoms with Crippen LogP contribution in [0.5, 0.6) is 5.75 Å². The molecule has 92 valence electrons. The molecule has 1 aromatic heterocycles. The number of nitrogens with one attached hydrogen (secondary N) is 1. The van der Waals surface area contributed by atoms with Crippen molar-refractivity contribution in [1.29, 1.82) is 5.26 Å². The lowest BCUT2D eigenvalue weighted by molar-refractivity contribution is 0.460. The Morgan fingerprint density at radius 2 is 2.16 bits per heavy atom. The van der Waals surface area contributed by atoms with E-state index in [0.717, 1.165) is 5.69 Å². The van der Waals surface area contributed by atoms with Gasteiger partial charge < -0.3 is 10.1 Å². The van der Waals surface area contributed by atoms with Gasteiger partial charge in [-0.15, -0.1) is 0 Å². The van der Waals surface area contributed by atoms with Crippen molar-refractivity contribution < 1.29 is 4.74 Å². The molecule has 0 aliphatic carbocycles. The molecule has 1 aromatic carbocycles. The van der Waals surface area contributed by atoms with Crippen LogP contribution in [-0.2, 0) is 0 Å². The molecule has 0 radical (unpaired) electrons. The molecule has 1 N–H and O–H groups in total. The van der Waals surface area contributed by atoms with Gasteiger partial charge in [0.2, 0.25) is 5.88 Å². The number of allylic oxidation sites excluding steroid dienone is 1. The van der Waals surface area contributed by atoms with E-state index in [1.54, 1.807) is 0 Å². The Kier molecular flexibility index (Phi) is 2.78. The average molecular weight is 271 g/mol. The molecule has 1 aliphatic heterocycles. The van der Waals surface area contributed by atoms with Gasteiger partial charge in [-0.1, -0.05) is 23.7 Å². The van der Waals surface area contributed by atoms with Crippen LogP contribution < -0.4 is 10.1 Å². The topological polar surface area (TPSA) is 70.8 Å². The van der Waals surface area contributed by atoms with Crippen LogP contribution in [0.25, 0.3) is 5.57 Å². The number of aromatic nitrogens is 2. The van der Waals surface area contributed by atoms with Gasteiger partial charge in [-0.25, -0.2) is 9.97 Å². The van der Waals surface area contributed by atoms with Gasteiger partial charge >= 0.3 is 0 Å². The van der Waals surface area contributed by atoms with E-state index in [9.17, 15) is 5.26 Å². The summed E-state index contributed by atoms with van der Waals surface area (Å²) in [6.07, 6.45) is 1.30. The van der Waals surface area contributed by atoms with Crippen LogP contribution in [0.1, 0.15) is 5.69 Å². The van der Waals surface area contributed by atoms with E-state index < -0.39 is 0 Å². The first-order chi connectivity index (χ1) is 9.28. The third kappa shape index (κ3) is 2.09. The number of fused-ring (bicyclic) bond motifs is 1. The molecule has 0 spiro atoms. The van der Waals surface area contributed by atoms with Crippen LogP contribution in [0.3, 0.4) is 0 Å². The van der Waals surface area contributed by atoms with E-state index in [-0.39, 0.29) is 10.7 Å². The summed E-state index contributed by atoms with van der Waals surface area (Å²) in [4.78, 5) is 7.81. The Hall–Kier alpha value is -2.58. The summed E-state index contributed by atoms with van der Waals surface area (Å²) in [5.74, 6) is 1.02. The van der Waals surface area contributed by atoms with Crippen molar-refractivity contribution in [3.05, 3.63) is 53.4 Å². The summed E-state index contributed by atoms with van der Waals surface area (Å²) >= 11 is 5.80. The quantitative estimate of drug-likeness (QED) is 0.637. The lowest BCUT2D eigenvalue weighted by Gasteiger charge is -2.03. The number of rotatable bonds is 1. The number of benzene rings is 1. The highest BCUT2D eigenvalue weighted by molar-refractivity contribution is 6.29. The maximum absolute atomic E-state index is 9.28. The fraction of sp³-hybridized carbons (Fsp3) is 0. The Morgan fingerprint density at radius 3 is 2.89 bits per heavy atom. The number of halogens is 1. The van der Waals surface area contributed by atoms with Crippen LogP contribution in [0.2, 0.25) is 5.15 Å². The van der Waals surface area contributed by atoms with Crippen LogP contribution in [0.4, 0.5) is 5.69 Å². The van der Waals surface area contributed by atoms with Crippen molar-refractivity contribution >= 4 is 22.9 Å². The second kappa shape index (κ2) is 4.59. The third-order valence-corrected chi connectivity index (χ3v) is 2.78. The molecule has 0 amide bonds. The number of ether oxygens (including phenoxy) is 1. The predicted octanol–water partition coefficient (Wildman–Crippen LogP) is 2.83. The molecule has 2 aromatic rings. The summed E-state index contributed by atoms with van der Waals surface area (Å²) in [6, 6.07) is 11.0. The highest BCUT2D eigenvalue weighted by atomic mass is 35.5. The molecule has 0 atom stereocenters. The second-order valence-corrected chi connectivity index (χ2v) is 4.15. The van der Waals surface area contributed by atoms with Crippen LogP contribution in [0.15, 0.2) is 42.5 Å². The van der Waals surface area contributed by atoms with Gasteiger partial charge in [0.25, 0.3) is 0 Å². The molecular weight excluding hydrogens is 264 g/mol. The van der Waals surface area contributed by atoms with Crippen molar-refractivity contribution in [3.8, 4) is 11.8 Å². The van der Waals surface area contributed by atoms with Crippen molar-refractivity contribution in [2.75, 3.05) is 5.32 Å². The Balaban J connectivity index is 2.06. The van der Waals surface area contributed by atoms with Crippen molar-refractivity contribution in [1.82, 2.24) is 9.97 Å². The van der Waals surface area contributed by atoms with Gasteiger partial charge in [0.05, 0.1) is 11.4 Å². The molecule has 2 heterocycles. The average Bonchev–Trinajstić information content (AvgIpc) is 2.83. The molecule has 0 fully saturated rings. The number of nitriles is 1. The zero-order chi connectivity index (χ0) is 13.2. The van der Waals surface area contributed by atoms with Gasteiger partial charge in [0, 0.05) is 6.07 Å². The summed E-state index contributed by atoms with van der Waals surface area (Å²) in [6.45, 7) is 0. The van der Waals surface area contributed by atoms with Gasteiger partial charge in [-0.3, -0.25) is 0 Å². The first-order valence-electron chi connectivity index (χ1n) is 5.44. The van der Waals surface area contributed by atoms with Crippen LogP contribution in [0, 0.1) is 11.3 Å². The standard InChI is InChI=1S/C13H7ClN4O/c14-12-5-10(16-7-17-12)8(6-15)13-18-9-3-1-2-4-11(9)19-13/h1-5,7,18H. The maximum Gasteiger partial charge on any atom is 0.218 e. The summed E-state index contributed by atoms with van der Waals surface area (Å²) in [5.41, 5.74) is 1.50. The zero-order valence-corrected chi connectivity index (χ0v) is 10.3. The monoisotopic (exact) mass is 270 g/mol. The van der Waals surface area contributed by atoms with Gasteiger partial charge in [-0.2, -0.15) is 5.26 Å². The second-order valence-electron chi connectivity index (χ2n) is 3.77. The number of hydrogen-bond donors (Lipinski definition) is 1. The molecule has 0 bridgehead atoms. The summed E-state index contributed by atoms with van der Waals surface area (Å²) < 4.78 is 5.60. The molecule has 1 aliphatic rings. The number of hydrogen-bond acceptors (Lipinski definition) is 5. The van der Waals surface area contributed by atoms with Crippen LogP contribution >= 0.6 is 11.6 Å². The minimum absolute atomic E-state index is 0.272. The van der Waals surface area contributed by atoms with Crippen LogP contribution in [-0.4, -0.2) is 9.97 Å². The first-order valence-corrected chi connectivity index (χ1v) is 5.82. The van der Waals surface area contributed by atoms with Gasteiger partial charge in [-0.05, 0) is 12.1 Å². The SMILES string of the molecule is N#CC(=C1Nc2ccccc2O1)c1cc(Cl)ncn1. The summed E-state index contributed by atoms with van der Waals surface area (Å²) in [7, 11) is 0. The van der Waals surface area contributed by atoms with E-state index in [2.05, 4.69) is 21.4 Å². The molecule has 19 heavy (non-hydrogen) atoms. The van der Waals surface area contributed by atoms with Crippen molar-refractivity contribution in [3.63, 3.8) is 0 Å². The molecule has 6 heteroatoms. The highest BCUT2D eigenvalue weighted by Gasteiger charge is 2.21. The normalized spacial score (nSPS) is 14.9. The minimum atomic E-state index is 0.272. The van der Waals surface area contributed by atoms with E-state index >= 15 is 0 Å². The molecule has 5 nitrogen and oxygen atoms in total. The summed E-state index contributed by atoms with van der Waals surface area (Å²) in [5, 5.41) is 12.6. The first kappa shape index (κ1) is 11.5. The zero-order valence-electron chi connectivity index (χ0n) is 9.59. The molecule has 0 unspecified atom stereocenters. The molecule has 0 saturated heterocycles. The van der Waals surface area contributed by atoms with E-state index in [1.165, 1.54) is 12.4 Å². The lowest BCUT2D eigenvalue weighted by Crippen LogP contribution is -2.03. The fourth-order valence-corrected chi connectivity index (χ4v) is 1.87. The van der Waals surface area contributed by atoms with E-state index in [0.29, 0.717) is 17.3 Å². The Bertz CT molecular complexity index is 694. The number of para-hydroxylation sites is 2. The molecule has 3 rings (SSSR count). The molecular formula is C13H7ClN4O. The fourth-order valence-electron chi connectivity index (χ4n) is 1.72. The molecule has 0 saturated carbocycles. The largest absolute Gasteiger partial charge is 0.437 e. The number of nitrogens with zero attached hydrogens (tertiary/aromatic N) is 3. The minimum Gasteiger partial charge on any atom is -0.437 e. The van der Waals surface area contributed by atoms with Gasteiger partial charge in [0.15, 0.2) is 5.75 Å². The third-order valence-electron chi connectivity index (χ3n) is 2.58. The van der Waals surface area contributed by atoms with E-state index in [4.69, 9.17) is 16.3 Å². The van der Waals surface area contributed by atoms with E-state index in [1.807, 2.05) is 24.3 Å².